The summed E-state index contributed by atoms with van der Waals surface area (Å²) in [5.74, 6) is -0.123. The number of carbonyl (C=O) groups excluding carboxylic acids is 1. The van der Waals surface area contributed by atoms with Gasteiger partial charge in [-0.25, -0.2) is 4.39 Å². The van der Waals surface area contributed by atoms with Crippen molar-refractivity contribution in [1.82, 2.24) is 9.88 Å². The third-order valence-electron chi connectivity index (χ3n) is 4.77. The molecule has 0 spiro atoms. The number of aromatic amines is 1. The normalized spacial score (nSPS) is 14.0. The number of rotatable bonds is 2. The highest BCUT2D eigenvalue weighted by atomic mass is 19.1. The largest absolute Gasteiger partial charge is 0.358 e. The van der Waals surface area contributed by atoms with E-state index in [4.69, 9.17) is 0 Å². The molecule has 1 aliphatic rings. The van der Waals surface area contributed by atoms with E-state index in [1.807, 2.05) is 36.1 Å². The van der Waals surface area contributed by atoms with Crippen molar-refractivity contribution in [2.24, 2.45) is 0 Å². The lowest BCUT2D eigenvalue weighted by atomic mass is 10.0. The SMILES string of the molecule is Cc1ccc(CC(=O)N2CCc3[nH]c4ccc(F)cc4c3C2)cc1. The van der Waals surface area contributed by atoms with E-state index in [0.29, 0.717) is 19.5 Å². The van der Waals surface area contributed by atoms with Gasteiger partial charge in [0.15, 0.2) is 0 Å². The second-order valence-corrected chi connectivity index (χ2v) is 6.50. The van der Waals surface area contributed by atoms with Crippen LogP contribution in [0.3, 0.4) is 0 Å². The van der Waals surface area contributed by atoms with E-state index in [2.05, 4.69) is 4.98 Å². The predicted molar refractivity (Wildman–Crippen MR) is 92.3 cm³/mol. The smallest absolute Gasteiger partial charge is 0.227 e. The minimum atomic E-state index is -0.243. The molecule has 1 aliphatic heterocycles. The summed E-state index contributed by atoms with van der Waals surface area (Å²) in [6, 6.07) is 12.8. The van der Waals surface area contributed by atoms with E-state index < -0.39 is 0 Å². The predicted octanol–water partition coefficient (Wildman–Crippen LogP) is 3.74. The number of halogens is 1. The highest BCUT2D eigenvalue weighted by molar-refractivity contribution is 5.86. The minimum absolute atomic E-state index is 0.121. The quantitative estimate of drug-likeness (QED) is 0.766. The van der Waals surface area contributed by atoms with Crippen molar-refractivity contribution in [2.75, 3.05) is 6.54 Å². The molecule has 0 saturated carbocycles. The number of aromatic nitrogens is 1. The average molecular weight is 322 g/mol. The fourth-order valence-corrected chi connectivity index (χ4v) is 3.39. The maximum atomic E-state index is 13.6. The summed E-state index contributed by atoms with van der Waals surface area (Å²) in [6.45, 7) is 3.28. The Bertz CT molecular complexity index is 911. The molecule has 0 atom stereocenters. The molecule has 0 bridgehead atoms. The van der Waals surface area contributed by atoms with E-state index in [1.165, 1.54) is 11.6 Å². The van der Waals surface area contributed by atoms with Crippen LogP contribution in [0.2, 0.25) is 0 Å². The molecule has 3 aromatic rings. The molecule has 0 aliphatic carbocycles. The van der Waals surface area contributed by atoms with E-state index in [1.54, 1.807) is 12.1 Å². The molecule has 24 heavy (non-hydrogen) atoms. The lowest BCUT2D eigenvalue weighted by molar-refractivity contribution is -0.131. The topological polar surface area (TPSA) is 36.1 Å². The molecule has 0 radical (unpaired) electrons. The summed E-state index contributed by atoms with van der Waals surface area (Å²) < 4.78 is 13.6. The zero-order valence-corrected chi connectivity index (χ0v) is 13.6. The van der Waals surface area contributed by atoms with Crippen molar-refractivity contribution in [3.8, 4) is 0 Å². The Labute approximate surface area is 140 Å². The summed E-state index contributed by atoms with van der Waals surface area (Å²) in [5.41, 5.74) is 5.33. The van der Waals surface area contributed by atoms with E-state index >= 15 is 0 Å². The number of nitrogens with zero attached hydrogens (tertiary/aromatic N) is 1. The minimum Gasteiger partial charge on any atom is -0.358 e. The van der Waals surface area contributed by atoms with E-state index in [-0.39, 0.29) is 11.7 Å². The summed E-state index contributed by atoms with van der Waals surface area (Å²) >= 11 is 0. The van der Waals surface area contributed by atoms with Gasteiger partial charge in [0.2, 0.25) is 5.91 Å². The number of benzene rings is 2. The molecule has 0 fully saturated rings. The maximum Gasteiger partial charge on any atom is 0.227 e. The number of hydrogen-bond donors (Lipinski definition) is 1. The summed E-state index contributed by atoms with van der Waals surface area (Å²) in [4.78, 5) is 17.9. The Morgan fingerprint density at radius 1 is 1.21 bits per heavy atom. The molecule has 4 heteroatoms. The molecular formula is C20H19FN2O. The van der Waals surface area contributed by atoms with Crippen LogP contribution < -0.4 is 0 Å². The molecule has 0 unspecified atom stereocenters. The molecule has 122 valence electrons. The van der Waals surface area contributed by atoms with Crippen LogP contribution in [-0.2, 0) is 24.2 Å². The first-order valence-corrected chi connectivity index (χ1v) is 8.22. The zero-order valence-electron chi connectivity index (χ0n) is 13.6. The fraction of sp³-hybridized carbons (Fsp3) is 0.250. The first-order chi connectivity index (χ1) is 11.6. The lowest BCUT2D eigenvalue weighted by Crippen LogP contribution is -2.36. The molecule has 2 aromatic carbocycles. The zero-order chi connectivity index (χ0) is 16.7. The molecule has 4 rings (SSSR count). The number of amides is 1. The molecule has 1 aromatic heterocycles. The average Bonchev–Trinajstić information content (AvgIpc) is 2.94. The molecule has 2 heterocycles. The monoisotopic (exact) mass is 322 g/mol. The number of fused-ring (bicyclic) bond motifs is 3. The number of carbonyl (C=O) groups is 1. The van der Waals surface area contributed by atoms with Crippen LogP contribution in [0.15, 0.2) is 42.5 Å². The number of nitrogens with one attached hydrogen (secondary N) is 1. The Morgan fingerprint density at radius 2 is 2.00 bits per heavy atom. The van der Waals surface area contributed by atoms with Crippen LogP contribution in [0, 0.1) is 12.7 Å². The van der Waals surface area contributed by atoms with Gasteiger partial charge in [0.1, 0.15) is 5.82 Å². The van der Waals surface area contributed by atoms with Crippen molar-refractivity contribution in [3.05, 3.63) is 70.7 Å². The number of hydrogen-bond acceptors (Lipinski definition) is 1. The second-order valence-electron chi connectivity index (χ2n) is 6.50. The van der Waals surface area contributed by atoms with Crippen LogP contribution in [0.5, 0.6) is 0 Å². The van der Waals surface area contributed by atoms with Crippen molar-refractivity contribution in [3.63, 3.8) is 0 Å². The van der Waals surface area contributed by atoms with Crippen molar-refractivity contribution in [1.29, 1.82) is 0 Å². The van der Waals surface area contributed by atoms with Gasteiger partial charge in [0.05, 0.1) is 6.42 Å². The van der Waals surface area contributed by atoms with Crippen LogP contribution in [-0.4, -0.2) is 22.3 Å². The third-order valence-corrected chi connectivity index (χ3v) is 4.77. The van der Waals surface area contributed by atoms with E-state index in [0.717, 1.165) is 34.1 Å². The van der Waals surface area contributed by atoms with Crippen LogP contribution >= 0.6 is 0 Å². The van der Waals surface area contributed by atoms with Crippen molar-refractivity contribution in [2.45, 2.75) is 26.3 Å². The fourth-order valence-electron chi connectivity index (χ4n) is 3.39. The Kier molecular flexibility index (Phi) is 3.60. The van der Waals surface area contributed by atoms with E-state index in [9.17, 15) is 9.18 Å². The maximum absolute atomic E-state index is 13.6. The Balaban J connectivity index is 1.57. The highest BCUT2D eigenvalue weighted by Gasteiger charge is 2.24. The Hall–Kier alpha value is -2.62. The van der Waals surface area contributed by atoms with Gasteiger partial charge in [-0.3, -0.25) is 4.79 Å². The first-order valence-electron chi connectivity index (χ1n) is 8.22. The van der Waals surface area contributed by atoms with Gasteiger partial charge >= 0.3 is 0 Å². The molecular weight excluding hydrogens is 303 g/mol. The van der Waals surface area contributed by atoms with Crippen LogP contribution in [0.1, 0.15) is 22.4 Å². The summed E-state index contributed by atoms with van der Waals surface area (Å²) in [7, 11) is 0. The van der Waals surface area contributed by atoms with Gasteiger partial charge in [-0.1, -0.05) is 29.8 Å². The van der Waals surface area contributed by atoms with Gasteiger partial charge in [0.25, 0.3) is 0 Å². The molecule has 3 nitrogen and oxygen atoms in total. The Morgan fingerprint density at radius 3 is 2.79 bits per heavy atom. The third kappa shape index (κ3) is 2.68. The van der Waals surface area contributed by atoms with Gasteiger partial charge in [0, 0.05) is 41.7 Å². The van der Waals surface area contributed by atoms with Gasteiger partial charge in [-0.15, -0.1) is 0 Å². The lowest BCUT2D eigenvalue weighted by Gasteiger charge is -2.27. The summed E-state index contributed by atoms with van der Waals surface area (Å²) in [5, 5.41) is 0.887. The number of H-pyrrole nitrogens is 1. The van der Waals surface area contributed by atoms with Crippen molar-refractivity contribution < 1.29 is 9.18 Å². The van der Waals surface area contributed by atoms with Crippen LogP contribution in [0.25, 0.3) is 10.9 Å². The van der Waals surface area contributed by atoms with Crippen molar-refractivity contribution >= 4 is 16.8 Å². The summed E-state index contributed by atoms with van der Waals surface area (Å²) in [6.07, 6.45) is 1.19. The van der Waals surface area contributed by atoms with Gasteiger partial charge < -0.3 is 9.88 Å². The highest BCUT2D eigenvalue weighted by Crippen LogP contribution is 2.28. The number of aryl methyl sites for hydroxylation is 1. The molecule has 0 saturated heterocycles. The van der Waals surface area contributed by atoms with Gasteiger partial charge in [-0.2, -0.15) is 0 Å². The van der Waals surface area contributed by atoms with Crippen LogP contribution in [0.4, 0.5) is 4.39 Å². The second kappa shape index (κ2) is 5.78. The first kappa shape index (κ1) is 14.9. The molecule has 1 amide bonds. The standard InChI is InChI=1S/C20H19FN2O/c1-13-2-4-14(5-3-13)10-20(24)23-9-8-19-17(12-23)16-11-15(21)6-7-18(16)22-19/h2-7,11,22H,8-10,12H2,1H3. The molecule has 1 N–H and O–H groups in total. The van der Waals surface area contributed by atoms with Gasteiger partial charge in [-0.05, 0) is 30.7 Å².